The fraction of sp³-hybridized carbons (Fsp3) is 0.188. The number of carbonyl (C=O) groups excluding carboxylic acids is 1. The zero-order chi connectivity index (χ0) is 14.5. The second kappa shape index (κ2) is 6.57. The van der Waals surface area contributed by atoms with Crippen molar-refractivity contribution in [1.82, 2.24) is 0 Å². The van der Waals surface area contributed by atoms with Crippen LogP contribution in [0.1, 0.15) is 6.92 Å². The first-order chi connectivity index (χ1) is 9.59. The van der Waals surface area contributed by atoms with Gasteiger partial charge in [0.1, 0.15) is 5.75 Å². The summed E-state index contributed by atoms with van der Waals surface area (Å²) in [6.07, 6.45) is -0.547. The van der Waals surface area contributed by atoms with E-state index in [1.54, 1.807) is 18.9 Å². The molecule has 0 aliphatic heterocycles. The molecule has 2 rings (SSSR count). The molecule has 0 aliphatic carbocycles. The molecule has 0 saturated heterocycles. The molecule has 0 N–H and O–H groups in total. The van der Waals surface area contributed by atoms with E-state index in [0.29, 0.717) is 5.75 Å². The molecule has 104 valence electrons. The van der Waals surface area contributed by atoms with E-state index < -0.39 is 6.10 Å². The van der Waals surface area contributed by atoms with E-state index in [4.69, 9.17) is 4.74 Å². The Labute approximate surface area is 127 Å². The van der Waals surface area contributed by atoms with E-state index >= 15 is 0 Å². The molecule has 3 nitrogen and oxygen atoms in total. The molecule has 0 heterocycles. The lowest BCUT2D eigenvalue weighted by Crippen LogP contribution is -2.38. The third-order valence-electron chi connectivity index (χ3n) is 2.95. The average molecular weight is 334 g/mol. The van der Waals surface area contributed by atoms with Crippen molar-refractivity contribution in [2.24, 2.45) is 0 Å². The van der Waals surface area contributed by atoms with Crippen LogP contribution >= 0.6 is 15.9 Å². The molecule has 1 amide bonds. The topological polar surface area (TPSA) is 29.5 Å². The van der Waals surface area contributed by atoms with Crippen LogP contribution in [0.15, 0.2) is 59.1 Å². The Hall–Kier alpha value is -1.81. The standard InChI is InChI=1S/C16H16BrNO2/c1-12(20-13-8-4-3-5-9-13)16(19)18(2)15-11-7-6-10-14(15)17/h3-12H,1-2H3. The predicted molar refractivity (Wildman–Crippen MR) is 84.1 cm³/mol. The number of para-hydroxylation sites is 2. The highest BCUT2D eigenvalue weighted by molar-refractivity contribution is 9.10. The maximum absolute atomic E-state index is 12.4. The van der Waals surface area contributed by atoms with E-state index in [-0.39, 0.29) is 5.91 Å². The highest BCUT2D eigenvalue weighted by Crippen LogP contribution is 2.25. The van der Waals surface area contributed by atoms with E-state index in [2.05, 4.69) is 15.9 Å². The number of halogens is 1. The Morgan fingerprint density at radius 3 is 2.35 bits per heavy atom. The second-order valence-electron chi connectivity index (χ2n) is 4.42. The van der Waals surface area contributed by atoms with E-state index in [9.17, 15) is 4.79 Å². The monoisotopic (exact) mass is 333 g/mol. The minimum absolute atomic E-state index is 0.0965. The number of hydrogen-bond acceptors (Lipinski definition) is 2. The number of carbonyl (C=O) groups is 1. The quantitative estimate of drug-likeness (QED) is 0.849. The second-order valence-corrected chi connectivity index (χ2v) is 5.28. The van der Waals surface area contributed by atoms with Gasteiger partial charge in [-0.1, -0.05) is 30.3 Å². The lowest BCUT2D eigenvalue weighted by molar-refractivity contribution is -0.124. The maximum Gasteiger partial charge on any atom is 0.267 e. The Kier molecular flexibility index (Phi) is 4.79. The molecule has 0 aliphatic rings. The molecule has 0 aromatic heterocycles. The molecule has 1 atom stereocenters. The van der Waals surface area contributed by atoms with Crippen molar-refractivity contribution in [3.05, 3.63) is 59.1 Å². The zero-order valence-electron chi connectivity index (χ0n) is 11.4. The minimum Gasteiger partial charge on any atom is -0.481 e. The Balaban J connectivity index is 2.09. The number of rotatable bonds is 4. The van der Waals surface area contributed by atoms with Crippen LogP contribution in [-0.2, 0) is 4.79 Å². The maximum atomic E-state index is 12.4. The number of anilines is 1. The first kappa shape index (κ1) is 14.6. The Morgan fingerprint density at radius 2 is 1.70 bits per heavy atom. The van der Waals surface area contributed by atoms with Crippen molar-refractivity contribution in [1.29, 1.82) is 0 Å². The summed E-state index contributed by atoms with van der Waals surface area (Å²) in [5, 5.41) is 0. The van der Waals surface area contributed by atoms with E-state index in [0.717, 1.165) is 10.2 Å². The van der Waals surface area contributed by atoms with Crippen molar-refractivity contribution in [3.63, 3.8) is 0 Å². The third-order valence-corrected chi connectivity index (χ3v) is 3.62. The van der Waals surface area contributed by atoms with Crippen LogP contribution in [0, 0.1) is 0 Å². The van der Waals surface area contributed by atoms with Gasteiger partial charge in [0.25, 0.3) is 5.91 Å². The van der Waals surface area contributed by atoms with Gasteiger partial charge in [0, 0.05) is 11.5 Å². The van der Waals surface area contributed by atoms with E-state index in [1.165, 1.54) is 0 Å². The first-order valence-corrected chi connectivity index (χ1v) is 7.12. The molecular formula is C16H16BrNO2. The zero-order valence-corrected chi connectivity index (χ0v) is 13.0. The fourth-order valence-electron chi connectivity index (χ4n) is 1.87. The van der Waals surface area contributed by atoms with Crippen LogP contribution in [-0.4, -0.2) is 19.1 Å². The van der Waals surface area contributed by atoms with Crippen LogP contribution in [0.25, 0.3) is 0 Å². The van der Waals surface area contributed by atoms with Crippen molar-refractivity contribution < 1.29 is 9.53 Å². The van der Waals surface area contributed by atoms with Crippen LogP contribution in [0.2, 0.25) is 0 Å². The Morgan fingerprint density at radius 1 is 1.10 bits per heavy atom. The summed E-state index contributed by atoms with van der Waals surface area (Å²) in [7, 11) is 1.74. The molecule has 0 radical (unpaired) electrons. The van der Waals surface area contributed by atoms with Crippen LogP contribution in [0.4, 0.5) is 5.69 Å². The molecule has 2 aromatic rings. The number of benzene rings is 2. The summed E-state index contributed by atoms with van der Waals surface area (Å²) in [6.45, 7) is 1.75. The molecule has 0 fully saturated rings. The molecule has 0 spiro atoms. The van der Waals surface area contributed by atoms with Crippen molar-refractivity contribution in [2.45, 2.75) is 13.0 Å². The summed E-state index contributed by atoms with van der Waals surface area (Å²) < 4.78 is 6.53. The van der Waals surface area contributed by atoms with Gasteiger partial charge in [0.05, 0.1) is 5.69 Å². The molecule has 4 heteroatoms. The van der Waals surface area contributed by atoms with Gasteiger partial charge >= 0.3 is 0 Å². The molecule has 0 saturated carbocycles. The molecule has 0 bridgehead atoms. The van der Waals surface area contributed by atoms with Crippen molar-refractivity contribution in [2.75, 3.05) is 11.9 Å². The van der Waals surface area contributed by atoms with E-state index in [1.807, 2.05) is 54.6 Å². The number of hydrogen-bond donors (Lipinski definition) is 0. The minimum atomic E-state index is -0.547. The first-order valence-electron chi connectivity index (χ1n) is 6.33. The summed E-state index contributed by atoms with van der Waals surface area (Å²) in [5.74, 6) is 0.592. The summed E-state index contributed by atoms with van der Waals surface area (Å²) in [4.78, 5) is 14.0. The Bertz CT molecular complexity index is 586. The lowest BCUT2D eigenvalue weighted by atomic mass is 10.2. The smallest absolute Gasteiger partial charge is 0.267 e. The fourth-order valence-corrected chi connectivity index (χ4v) is 2.42. The average Bonchev–Trinajstić information content (AvgIpc) is 2.47. The molecule has 1 unspecified atom stereocenters. The van der Waals surface area contributed by atoms with Gasteiger partial charge in [-0.2, -0.15) is 0 Å². The van der Waals surface area contributed by atoms with Crippen molar-refractivity contribution >= 4 is 27.5 Å². The lowest BCUT2D eigenvalue weighted by Gasteiger charge is -2.23. The van der Waals surface area contributed by atoms with Gasteiger partial charge in [-0.15, -0.1) is 0 Å². The SMILES string of the molecule is CC(Oc1ccccc1)C(=O)N(C)c1ccccc1Br. The summed E-state index contributed by atoms with van der Waals surface area (Å²) in [5.41, 5.74) is 0.820. The molecule has 2 aromatic carbocycles. The number of nitrogens with zero attached hydrogens (tertiary/aromatic N) is 1. The summed E-state index contributed by atoms with van der Waals surface area (Å²) in [6, 6.07) is 16.9. The van der Waals surface area contributed by atoms with Crippen molar-refractivity contribution in [3.8, 4) is 5.75 Å². The van der Waals surface area contributed by atoms with Crippen LogP contribution in [0.5, 0.6) is 5.75 Å². The number of likely N-dealkylation sites (N-methyl/N-ethyl adjacent to an activating group) is 1. The number of amides is 1. The highest BCUT2D eigenvalue weighted by Gasteiger charge is 2.21. The van der Waals surface area contributed by atoms with Gasteiger partial charge < -0.3 is 9.64 Å². The van der Waals surface area contributed by atoms with Gasteiger partial charge in [-0.25, -0.2) is 0 Å². The highest BCUT2D eigenvalue weighted by atomic mass is 79.9. The van der Waals surface area contributed by atoms with Gasteiger partial charge in [0.2, 0.25) is 0 Å². The predicted octanol–water partition coefficient (Wildman–Crippen LogP) is 3.88. The molecular weight excluding hydrogens is 318 g/mol. The normalized spacial score (nSPS) is 11.8. The third kappa shape index (κ3) is 3.39. The summed E-state index contributed by atoms with van der Waals surface area (Å²) >= 11 is 3.45. The molecule has 20 heavy (non-hydrogen) atoms. The van der Waals surface area contributed by atoms with Gasteiger partial charge in [-0.05, 0) is 47.1 Å². The van der Waals surface area contributed by atoms with Crippen LogP contribution in [0.3, 0.4) is 0 Å². The van der Waals surface area contributed by atoms with Gasteiger partial charge in [0.15, 0.2) is 6.10 Å². The van der Waals surface area contributed by atoms with Crippen LogP contribution < -0.4 is 9.64 Å². The largest absolute Gasteiger partial charge is 0.481 e. The van der Waals surface area contributed by atoms with Gasteiger partial charge in [-0.3, -0.25) is 4.79 Å². The number of ether oxygens (including phenoxy) is 1.